The first-order valence-electron chi connectivity index (χ1n) is 8.47. The van der Waals surface area contributed by atoms with Crippen molar-refractivity contribution in [3.05, 3.63) is 32.4 Å². The molecule has 0 unspecified atom stereocenters. The zero-order valence-electron chi connectivity index (χ0n) is 13.7. The van der Waals surface area contributed by atoms with Gasteiger partial charge in [-0.05, 0) is 40.2 Å². The van der Waals surface area contributed by atoms with Gasteiger partial charge in [-0.2, -0.15) is 0 Å². The van der Waals surface area contributed by atoms with Crippen molar-refractivity contribution in [3.8, 4) is 0 Å². The molecule has 3 aliphatic rings. The van der Waals surface area contributed by atoms with Gasteiger partial charge in [0.1, 0.15) is 16.2 Å². The largest absolute Gasteiger partial charge is 0.349 e. The molecule has 0 aliphatic carbocycles. The van der Waals surface area contributed by atoms with Crippen molar-refractivity contribution < 1.29 is 4.79 Å². The number of carbonyl (C=O) groups excluding carboxylic acids is 1. The molecule has 26 heavy (non-hydrogen) atoms. The normalized spacial score (nSPS) is 22.1. The minimum Gasteiger partial charge on any atom is -0.349 e. The quantitative estimate of drug-likeness (QED) is 0.637. The minimum atomic E-state index is -0.149. The SMILES string of the molecule is O=C(Nc1ccsc1Br)c1csc2ncc(N3C[C@@H]4CC[C@H]3CN4)nc12. The minimum absolute atomic E-state index is 0.149. The van der Waals surface area contributed by atoms with Crippen molar-refractivity contribution in [1.82, 2.24) is 15.3 Å². The van der Waals surface area contributed by atoms with Gasteiger partial charge in [0.05, 0.1) is 21.2 Å². The second-order valence-electron chi connectivity index (χ2n) is 6.58. The third-order valence-corrected chi connectivity index (χ3v) is 7.59. The molecule has 0 saturated carbocycles. The Hall–Kier alpha value is -1.55. The number of halogens is 1. The zero-order valence-corrected chi connectivity index (χ0v) is 17.0. The number of fused-ring (bicyclic) bond motifs is 4. The molecule has 6 heterocycles. The van der Waals surface area contributed by atoms with Crippen LogP contribution in [0.4, 0.5) is 11.5 Å². The molecule has 9 heteroatoms. The molecule has 6 rings (SSSR count). The van der Waals surface area contributed by atoms with E-state index in [0.717, 1.165) is 33.2 Å². The molecule has 0 spiro atoms. The van der Waals surface area contributed by atoms with Crippen molar-refractivity contribution in [3.63, 3.8) is 0 Å². The highest BCUT2D eigenvalue weighted by Crippen LogP contribution is 2.32. The number of piperazine rings is 1. The van der Waals surface area contributed by atoms with E-state index in [1.807, 2.05) is 23.0 Å². The van der Waals surface area contributed by atoms with Crippen molar-refractivity contribution in [1.29, 1.82) is 0 Å². The highest BCUT2D eigenvalue weighted by Gasteiger charge is 2.34. The van der Waals surface area contributed by atoms with E-state index < -0.39 is 0 Å². The van der Waals surface area contributed by atoms with E-state index in [2.05, 4.69) is 36.4 Å². The van der Waals surface area contributed by atoms with Gasteiger partial charge >= 0.3 is 0 Å². The lowest BCUT2D eigenvalue weighted by Crippen LogP contribution is -2.61. The summed E-state index contributed by atoms with van der Waals surface area (Å²) in [5, 5.41) is 10.3. The first-order valence-corrected chi connectivity index (χ1v) is 11.0. The molecule has 3 aromatic rings. The highest BCUT2D eigenvalue weighted by atomic mass is 79.9. The number of carbonyl (C=O) groups is 1. The molecule has 2 bridgehead atoms. The summed E-state index contributed by atoms with van der Waals surface area (Å²) in [7, 11) is 0. The summed E-state index contributed by atoms with van der Waals surface area (Å²) in [4.78, 5) is 25.3. The van der Waals surface area contributed by atoms with Crippen LogP contribution in [0.15, 0.2) is 26.8 Å². The van der Waals surface area contributed by atoms with Crippen molar-refractivity contribution in [2.45, 2.75) is 24.9 Å². The highest BCUT2D eigenvalue weighted by molar-refractivity contribution is 9.11. The molecule has 3 fully saturated rings. The standard InChI is InChI=1S/C17H16BrN5OS2/c18-15-12(3-4-25-15)21-16(24)11-8-26-17-14(11)22-13(6-20-17)23-7-9-1-2-10(23)5-19-9/h3-4,6,8-10,19H,1-2,5,7H2,(H,21,24)/t9-,10-/m0/s1. The van der Waals surface area contributed by atoms with Crippen LogP contribution in [0.2, 0.25) is 0 Å². The molecule has 3 saturated heterocycles. The lowest BCUT2D eigenvalue weighted by atomic mass is 9.93. The number of amides is 1. The molecule has 2 N–H and O–H groups in total. The second-order valence-corrected chi connectivity index (χ2v) is 9.67. The van der Waals surface area contributed by atoms with E-state index in [1.54, 1.807) is 0 Å². The fourth-order valence-corrected chi connectivity index (χ4v) is 5.61. The fourth-order valence-electron chi connectivity index (χ4n) is 3.66. The van der Waals surface area contributed by atoms with Gasteiger partial charge in [-0.1, -0.05) is 0 Å². The average Bonchev–Trinajstić information content (AvgIpc) is 3.28. The maximum Gasteiger partial charge on any atom is 0.258 e. The average molecular weight is 450 g/mol. The van der Waals surface area contributed by atoms with E-state index in [1.165, 1.54) is 35.5 Å². The Balaban J connectivity index is 1.47. The zero-order chi connectivity index (χ0) is 17.7. The Morgan fingerprint density at radius 3 is 3.00 bits per heavy atom. The molecule has 3 aromatic heterocycles. The number of hydrogen-bond acceptors (Lipinski definition) is 7. The molecule has 3 aliphatic heterocycles. The molecular weight excluding hydrogens is 434 g/mol. The Kier molecular flexibility index (Phi) is 4.19. The Bertz CT molecular complexity index is 979. The third-order valence-electron chi connectivity index (χ3n) is 5.02. The van der Waals surface area contributed by atoms with Crippen molar-refractivity contribution >= 4 is 66.4 Å². The van der Waals surface area contributed by atoms with Gasteiger partial charge in [0, 0.05) is 30.6 Å². The van der Waals surface area contributed by atoms with Gasteiger partial charge in [-0.15, -0.1) is 22.7 Å². The third kappa shape index (κ3) is 2.83. The summed E-state index contributed by atoms with van der Waals surface area (Å²) < 4.78 is 0.911. The van der Waals surface area contributed by atoms with Crippen LogP contribution in [0, 0.1) is 0 Å². The topological polar surface area (TPSA) is 70.2 Å². The van der Waals surface area contributed by atoms with E-state index >= 15 is 0 Å². The van der Waals surface area contributed by atoms with Crippen LogP contribution in [0.25, 0.3) is 10.3 Å². The van der Waals surface area contributed by atoms with Crippen LogP contribution in [0.3, 0.4) is 0 Å². The van der Waals surface area contributed by atoms with Crippen LogP contribution >= 0.6 is 38.6 Å². The number of nitrogens with zero attached hydrogens (tertiary/aromatic N) is 3. The number of hydrogen-bond donors (Lipinski definition) is 2. The van der Waals surface area contributed by atoms with Gasteiger partial charge in [0.15, 0.2) is 0 Å². The monoisotopic (exact) mass is 449 g/mol. The van der Waals surface area contributed by atoms with Gasteiger partial charge in [-0.3, -0.25) is 4.79 Å². The Morgan fingerprint density at radius 1 is 1.38 bits per heavy atom. The molecule has 2 atom stereocenters. The maximum absolute atomic E-state index is 12.7. The number of nitrogens with one attached hydrogen (secondary N) is 2. The summed E-state index contributed by atoms with van der Waals surface area (Å²) in [5.41, 5.74) is 2.05. The van der Waals surface area contributed by atoms with E-state index in [0.29, 0.717) is 23.2 Å². The van der Waals surface area contributed by atoms with Crippen LogP contribution in [0.1, 0.15) is 23.2 Å². The Morgan fingerprint density at radius 2 is 2.31 bits per heavy atom. The number of anilines is 2. The molecule has 0 aromatic carbocycles. The molecule has 6 nitrogen and oxygen atoms in total. The van der Waals surface area contributed by atoms with Gasteiger partial charge < -0.3 is 15.5 Å². The van der Waals surface area contributed by atoms with Gasteiger partial charge in [0.25, 0.3) is 5.91 Å². The summed E-state index contributed by atoms with van der Waals surface area (Å²) >= 11 is 6.45. The van der Waals surface area contributed by atoms with Crippen LogP contribution in [-0.4, -0.2) is 41.0 Å². The van der Waals surface area contributed by atoms with Crippen LogP contribution < -0.4 is 15.5 Å². The lowest BCUT2D eigenvalue weighted by Gasteiger charge is -2.46. The Labute approximate surface area is 166 Å². The first-order chi connectivity index (χ1) is 12.7. The maximum atomic E-state index is 12.7. The van der Waals surface area contributed by atoms with Crippen molar-refractivity contribution in [2.24, 2.45) is 0 Å². The molecular formula is C17H16BrN5OS2. The predicted molar refractivity (Wildman–Crippen MR) is 110 cm³/mol. The fraction of sp³-hybridized carbons (Fsp3) is 0.353. The first kappa shape index (κ1) is 16.6. The van der Waals surface area contributed by atoms with Crippen molar-refractivity contribution in [2.75, 3.05) is 23.3 Å². The summed E-state index contributed by atoms with van der Waals surface area (Å²) in [5.74, 6) is 0.724. The lowest BCUT2D eigenvalue weighted by molar-refractivity contribution is 0.102. The smallest absolute Gasteiger partial charge is 0.258 e. The van der Waals surface area contributed by atoms with E-state index in [9.17, 15) is 4.79 Å². The molecule has 0 radical (unpaired) electrons. The number of thiophene rings is 2. The van der Waals surface area contributed by atoms with E-state index in [-0.39, 0.29) is 5.91 Å². The number of piperidine rings is 2. The van der Waals surface area contributed by atoms with Crippen LogP contribution in [-0.2, 0) is 0 Å². The van der Waals surface area contributed by atoms with Crippen LogP contribution in [0.5, 0.6) is 0 Å². The number of rotatable bonds is 3. The van der Waals surface area contributed by atoms with Gasteiger partial charge in [0.2, 0.25) is 0 Å². The summed E-state index contributed by atoms with van der Waals surface area (Å²) in [6, 6.07) is 2.87. The summed E-state index contributed by atoms with van der Waals surface area (Å²) in [6.07, 6.45) is 4.25. The second kappa shape index (κ2) is 6.56. The van der Waals surface area contributed by atoms with Gasteiger partial charge in [-0.25, -0.2) is 9.97 Å². The number of aromatic nitrogens is 2. The molecule has 134 valence electrons. The molecule has 1 amide bonds. The predicted octanol–water partition coefficient (Wildman–Crippen LogP) is 3.71. The van der Waals surface area contributed by atoms with E-state index in [4.69, 9.17) is 4.98 Å². The summed E-state index contributed by atoms with van der Waals surface area (Å²) in [6.45, 7) is 1.95.